The van der Waals surface area contributed by atoms with E-state index in [1.165, 1.54) is 0 Å². The number of carbonyl (C=O) groups excluding carboxylic acids is 1. The van der Waals surface area contributed by atoms with Gasteiger partial charge in [-0.15, -0.1) is 0 Å². The van der Waals surface area contributed by atoms with Gasteiger partial charge in [0.05, 0.1) is 30.7 Å². The fourth-order valence-electron chi connectivity index (χ4n) is 2.72. The molecule has 114 valence electrons. The lowest BCUT2D eigenvalue weighted by Crippen LogP contribution is -2.33. The first-order valence-electron chi connectivity index (χ1n) is 7.25. The first-order chi connectivity index (χ1) is 10.7. The Morgan fingerprint density at radius 2 is 2.27 bits per heavy atom. The Morgan fingerprint density at radius 1 is 1.36 bits per heavy atom. The summed E-state index contributed by atoms with van der Waals surface area (Å²) in [5.74, 6) is 1.04. The Morgan fingerprint density at radius 3 is 3.05 bits per heavy atom. The quantitative estimate of drug-likeness (QED) is 0.862. The van der Waals surface area contributed by atoms with Crippen LogP contribution in [0, 0.1) is 0 Å². The van der Waals surface area contributed by atoms with Crippen molar-refractivity contribution in [2.75, 3.05) is 18.4 Å². The van der Waals surface area contributed by atoms with Gasteiger partial charge in [0.25, 0.3) is 0 Å². The molecule has 0 spiro atoms. The lowest BCUT2D eigenvalue weighted by atomic mass is 10.1. The van der Waals surface area contributed by atoms with E-state index in [2.05, 4.69) is 25.2 Å². The number of carbonyl (C=O) groups is 1. The second-order valence-corrected chi connectivity index (χ2v) is 5.26. The number of likely N-dealkylation sites (tertiary alicyclic amines) is 1. The highest BCUT2D eigenvalue weighted by atomic mass is 16.1. The van der Waals surface area contributed by atoms with Crippen molar-refractivity contribution in [1.29, 1.82) is 0 Å². The number of aromatic nitrogens is 3. The number of primary amides is 1. The van der Waals surface area contributed by atoms with Crippen LogP contribution >= 0.6 is 0 Å². The molecule has 3 heterocycles. The van der Waals surface area contributed by atoms with E-state index in [-0.39, 0.29) is 18.5 Å². The summed E-state index contributed by atoms with van der Waals surface area (Å²) in [6.45, 7) is 1.11. The van der Waals surface area contributed by atoms with Crippen molar-refractivity contribution in [2.24, 2.45) is 5.73 Å². The van der Waals surface area contributed by atoms with E-state index in [1.54, 1.807) is 18.6 Å². The van der Waals surface area contributed by atoms with Gasteiger partial charge in [-0.05, 0) is 31.5 Å². The first kappa shape index (κ1) is 14.4. The van der Waals surface area contributed by atoms with E-state index >= 15 is 0 Å². The normalized spacial score (nSPS) is 18.3. The van der Waals surface area contributed by atoms with Gasteiger partial charge in [0.1, 0.15) is 11.6 Å². The second kappa shape index (κ2) is 6.48. The number of pyridine rings is 1. The van der Waals surface area contributed by atoms with Crippen molar-refractivity contribution in [1.82, 2.24) is 19.9 Å². The van der Waals surface area contributed by atoms with Gasteiger partial charge in [0, 0.05) is 6.20 Å². The number of rotatable bonds is 5. The Hall–Kier alpha value is -2.54. The lowest BCUT2D eigenvalue weighted by molar-refractivity contribution is -0.119. The Labute approximate surface area is 128 Å². The van der Waals surface area contributed by atoms with Gasteiger partial charge in [0.2, 0.25) is 5.91 Å². The van der Waals surface area contributed by atoms with Crippen LogP contribution in [0.2, 0.25) is 0 Å². The number of nitrogens with one attached hydrogen (secondary N) is 1. The van der Waals surface area contributed by atoms with Crippen molar-refractivity contribution in [3.8, 4) is 0 Å². The molecule has 1 unspecified atom stereocenters. The zero-order valence-corrected chi connectivity index (χ0v) is 12.1. The molecule has 1 atom stereocenters. The zero-order chi connectivity index (χ0) is 15.4. The highest BCUT2D eigenvalue weighted by Gasteiger charge is 2.28. The largest absolute Gasteiger partial charge is 0.369 e. The molecule has 1 aliphatic rings. The number of hydrogen-bond donors (Lipinski definition) is 2. The summed E-state index contributed by atoms with van der Waals surface area (Å²) in [6, 6.07) is 5.71. The van der Waals surface area contributed by atoms with E-state index in [1.807, 2.05) is 18.2 Å². The van der Waals surface area contributed by atoms with E-state index < -0.39 is 0 Å². The predicted molar refractivity (Wildman–Crippen MR) is 82.3 cm³/mol. The highest BCUT2D eigenvalue weighted by molar-refractivity contribution is 5.76. The molecule has 2 aromatic heterocycles. The van der Waals surface area contributed by atoms with Crippen LogP contribution in [0.4, 0.5) is 11.6 Å². The third-order valence-corrected chi connectivity index (χ3v) is 3.64. The number of nitrogens with two attached hydrogens (primary N) is 1. The molecule has 0 radical (unpaired) electrons. The van der Waals surface area contributed by atoms with Crippen LogP contribution in [0.25, 0.3) is 0 Å². The average molecular weight is 298 g/mol. The number of anilines is 2. The minimum Gasteiger partial charge on any atom is -0.369 e. The Kier molecular flexibility index (Phi) is 4.24. The second-order valence-electron chi connectivity index (χ2n) is 5.26. The summed E-state index contributed by atoms with van der Waals surface area (Å²) in [5, 5.41) is 3.13. The Balaban J connectivity index is 1.77. The molecular formula is C15H18N6O. The molecule has 22 heavy (non-hydrogen) atoms. The average Bonchev–Trinajstić information content (AvgIpc) is 2.96. The van der Waals surface area contributed by atoms with Gasteiger partial charge >= 0.3 is 0 Å². The van der Waals surface area contributed by atoms with E-state index in [0.717, 1.165) is 30.9 Å². The van der Waals surface area contributed by atoms with E-state index in [9.17, 15) is 4.79 Å². The van der Waals surface area contributed by atoms with Crippen LogP contribution in [0.1, 0.15) is 24.6 Å². The van der Waals surface area contributed by atoms with Crippen molar-refractivity contribution >= 4 is 17.5 Å². The van der Waals surface area contributed by atoms with Crippen LogP contribution < -0.4 is 11.1 Å². The number of amides is 1. The van der Waals surface area contributed by atoms with E-state index in [0.29, 0.717) is 5.82 Å². The molecule has 2 aromatic rings. The van der Waals surface area contributed by atoms with Crippen molar-refractivity contribution in [2.45, 2.75) is 18.9 Å². The fraction of sp³-hybridized carbons (Fsp3) is 0.333. The summed E-state index contributed by atoms with van der Waals surface area (Å²) in [7, 11) is 0. The van der Waals surface area contributed by atoms with Gasteiger partial charge in [-0.3, -0.25) is 14.7 Å². The summed E-state index contributed by atoms with van der Waals surface area (Å²) < 4.78 is 0. The molecule has 0 aliphatic carbocycles. The molecule has 3 N–H and O–H groups in total. The van der Waals surface area contributed by atoms with Crippen LogP contribution in [0.15, 0.2) is 36.8 Å². The van der Waals surface area contributed by atoms with Gasteiger partial charge in [0.15, 0.2) is 0 Å². The third kappa shape index (κ3) is 3.37. The molecule has 1 aliphatic heterocycles. The zero-order valence-electron chi connectivity index (χ0n) is 12.1. The molecule has 1 saturated heterocycles. The third-order valence-electron chi connectivity index (χ3n) is 3.64. The molecule has 1 fully saturated rings. The van der Waals surface area contributed by atoms with Crippen molar-refractivity contribution in [3.05, 3.63) is 42.5 Å². The predicted octanol–water partition coefficient (Wildman–Crippen LogP) is 1.24. The molecule has 0 aromatic carbocycles. The minimum atomic E-state index is -0.317. The molecule has 7 heteroatoms. The summed E-state index contributed by atoms with van der Waals surface area (Å²) in [4.78, 5) is 26.3. The van der Waals surface area contributed by atoms with Crippen LogP contribution in [-0.4, -0.2) is 38.8 Å². The van der Waals surface area contributed by atoms with E-state index in [4.69, 9.17) is 5.73 Å². The van der Waals surface area contributed by atoms with Gasteiger partial charge < -0.3 is 11.1 Å². The Bertz CT molecular complexity index is 647. The van der Waals surface area contributed by atoms with Crippen LogP contribution in [0.3, 0.4) is 0 Å². The molecule has 1 amide bonds. The monoisotopic (exact) mass is 298 g/mol. The standard InChI is InChI=1S/C15H18N6O/c16-13(22)10-21-7-3-4-12(21)11-8-17-9-15(19-11)20-14-5-1-2-6-18-14/h1-2,5-6,8-9,12H,3-4,7,10H2,(H2,16,22)(H,18,19,20). The smallest absolute Gasteiger partial charge is 0.231 e. The van der Waals surface area contributed by atoms with Crippen LogP contribution in [0.5, 0.6) is 0 Å². The van der Waals surface area contributed by atoms with Crippen molar-refractivity contribution < 1.29 is 4.79 Å². The topological polar surface area (TPSA) is 97.0 Å². The maximum atomic E-state index is 11.2. The maximum absolute atomic E-state index is 11.2. The van der Waals surface area contributed by atoms with Crippen LogP contribution in [-0.2, 0) is 4.79 Å². The fourth-order valence-corrected chi connectivity index (χ4v) is 2.72. The molecule has 0 bridgehead atoms. The van der Waals surface area contributed by atoms with Gasteiger partial charge in [-0.2, -0.15) is 0 Å². The van der Waals surface area contributed by atoms with Crippen molar-refractivity contribution in [3.63, 3.8) is 0 Å². The molecular weight excluding hydrogens is 280 g/mol. The SMILES string of the molecule is NC(=O)CN1CCCC1c1cncc(Nc2ccccn2)n1. The summed E-state index contributed by atoms with van der Waals surface area (Å²) >= 11 is 0. The van der Waals surface area contributed by atoms with Gasteiger partial charge in [-0.25, -0.2) is 9.97 Å². The molecule has 0 saturated carbocycles. The molecule has 7 nitrogen and oxygen atoms in total. The number of nitrogens with zero attached hydrogens (tertiary/aromatic N) is 4. The first-order valence-corrected chi connectivity index (χ1v) is 7.25. The number of hydrogen-bond acceptors (Lipinski definition) is 6. The molecule has 3 rings (SSSR count). The van der Waals surface area contributed by atoms with Gasteiger partial charge in [-0.1, -0.05) is 6.07 Å². The lowest BCUT2D eigenvalue weighted by Gasteiger charge is -2.22. The minimum absolute atomic E-state index is 0.0884. The summed E-state index contributed by atoms with van der Waals surface area (Å²) in [5.41, 5.74) is 6.15. The maximum Gasteiger partial charge on any atom is 0.231 e. The summed E-state index contributed by atoms with van der Waals surface area (Å²) in [6.07, 6.45) is 7.09. The highest BCUT2D eigenvalue weighted by Crippen LogP contribution is 2.30.